The summed E-state index contributed by atoms with van der Waals surface area (Å²) in [4.78, 5) is 14.5. The summed E-state index contributed by atoms with van der Waals surface area (Å²) in [5.74, 6) is 0.0225. The van der Waals surface area contributed by atoms with Gasteiger partial charge in [-0.3, -0.25) is 4.79 Å². The maximum Gasteiger partial charge on any atom is 0.255 e. The fourth-order valence-electron chi connectivity index (χ4n) is 2.31. The van der Waals surface area contributed by atoms with Crippen molar-refractivity contribution in [2.75, 3.05) is 19.6 Å². The maximum atomic E-state index is 12.6. The van der Waals surface area contributed by atoms with Crippen molar-refractivity contribution in [3.63, 3.8) is 0 Å². The van der Waals surface area contributed by atoms with E-state index in [2.05, 4.69) is 19.2 Å². The number of hydrogen-bond donors (Lipinski definition) is 1. The fraction of sp³-hybridized carbons (Fsp3) is 0.500. The van der Waals surface area contributed by atoms with Crippen LogP contribution in [0.5, 0.6) is 0 Å². The smallest absolute Gasteiger partial charge is 0.255 e. The first-order chi connectivity index (χ1) is 8.52. The Morgan fingerprint density at radius 1 is 1.39 bits per heavy atom. The lowest BCUT2D eigenvalue weighted by molar-refractivity contribution is 0.0578. The summed E-state index contributed by atoms with van der Waals surface area (Å²) in [6.07, 6.45) is 0.972. The topological polar surface area (TPSA) is 32.3 Å². The molecule has 0 aromatic heterocycles. The molecule has 3 nitrogen and oxygen atoms in total. The van der Waals surface area contributed by atoms with E-state index in [1.807, 2.05) is 17.0 Å². The highest BCUT2D eigenvalue weighted by molar-refractivity contribution is 6.33. The van der Waals surface area contributed by atoms with Crippen LogP contribution in [-0.2, 0) is 0 Å². The molecule has 18 heavy (non-hydrogen) atoms. The molecule has 0 saturated carbocycles. The molecule has 0 aliphatic carbocycles. The van der Waals surface area contributed by atoms with Gasteiger partial charge in [0.1, 0.15) is 0 Å². The van der Waals surface area contributed by atoms with E-state index in [4.69, 9.17) is 11.6 Å². The Hall–Kier alpha value is -1.06. The number of carbonyl (C=O) groups is 1. The molecule has 0 radical (unpaired) electrons. The maximum absolute atomic E-state index is 12.6. The molecular weight excluding hydrogens is 248 g/mol. The van der Waals surface area contributed by atoms with Crippen molar-refractivity contribution in [2.24, 2.45) is 0 Å². The first kappa shape index (κ1) is 13.4. The summed E-state index contributed by atoms with van der Waals surface area (Å²) < 4.78 is 0. The number of rotatable bonds is 1. The molecule has 1 N–H and O–H groups in total. The Bertz CT molecular complexity index is 445. The van der Waals surface area contributed by atoms with E-state index >= 15 is 0 Å². The molecule has 1 fully saturated rings. The number of benzene rings is 1. The number of nitrogens with one attached hydrogen (secondary N) is 1. The van der Waals surface area contributed by atoms with Crippen LogP contribution in [0.2, 0.25) is 5.02 Å². The predicted molar refractivity (Wildman–Crippen MR) is 74.1 cm³/mol. The van der Waals surface area contributed by atoms with Gasteiger partial charge in [-0.2, -0.15) is 0 Å². The van der Waals surface area contributed by atoms with Crippen LogP contribution >= 0.6 is 11.6 Å². The van der Waals surface area contributed by atoms with Gasteiger partial charge < -0.3 is 10.2 Å². The molecule has 98 valence electrons. The molecule has 1 aliphatic heterocycles. The zero-order chi connectivity index (χ0) is 13.2. The lowest BCUT2D eigenvalue weighted by Gasteiger charge is -2.37. The molecule has 2 rings (SSSR count). The second-order valence-electron chi connectivity index (χ2n) is 5.28. The van der Waals surface area contributed by atoms with Crippen LogP contribution in [0.4, 0.5) is 0 Å². The van der Waals surface area contributed by atoms with Crippen LogP contribution in [0.1, 0.15) is 30.6 Å². The molecule has 0 spiro atoms. The predicted octanol–water partition coefficient (Wildman–Crippen LogP) is 2.55. The van der Waals surface area contributed by atoms with Crippen molar-refractivity contribution >= 4 is 17.5 Å². The molecule has 1 aromatic rings. The molecule has 4 heteroatoms. The molecule has 1 amide bonds. The molecule has 0 unspecified atom stereocenters. The second-order valence-corrected chi connectivity index (χ2v) is 5.69. The van der Waals surface area contributed by atoms with Crippen molar-refractivity contribution in [3.05, 3.63) is 34.9 Å². The highest BCUT2D eigenvalue weighted by Crippen LogP contribution is 2.23. The van der Waals surface area contributed by atoms with Gasteiger partial charge in [0, 0.05) is 18.6 Å². The van der Waals surface area contributed by atoms with Gasteiger partial charge in [0.25, 0.3) is 5.91 Å². The Balaban J connectivity index is 2.29. The Labute approximate surface area is 113 Å². The van der Waals surface area contributed by atoms with E-state index in [1.165, 1.54) is 0 Å². The van der Waals surface area contributed by atoms with Gasteiger partial charge in [-0.05, 0) is 38.9 Å². The molecule has 1 aliphatic rings. The van der Waals surface area contributed by atoms with Gasteiger partial charge in [0.15, 0.2) is 0 Å². The van der Waals surface area contributed by atoms with Crippen LogP contribution < -0.4 is 5.32 Å². The summed E-state index contributed by atoms with van der Waals surface area (Å²) in [6, 6.07) is 7.24. The summed E-state index contributed by atoms with van der Waals surface area (Å²) in [5.41, 5.74) is 0.404. The zero-order valence-electron chi connectivity index (χ0n) is 10.9. The number of nitrogens with zero attached hydrogens (tertiary/aromatic N) is 1. The highest BCUT2D eigenvalue weighted by atomic mass is 35.5. The molecule has 1 heterocycles. The Morgan fingerprint density at radius 3 is 2.83 bits per heavy atom. The second kappa shape index (κ2) is 5.29. The van der Waals surface area contributed by atoms with Crippen LogP contribution in [0.25, 0.3) is 0 Å². The minimum atomic E-state index is -0.188. The van der Waals surface area contributed by atoms with E-state index in [1.54, 1.807) is 12.1 Å². The minimum absolute atomic E-state index is 0.0225. The minimum Gasteiger partial charge on any atom is -0.332 e. The van der Waals surface area contributed by atoms with Gasteiger partial charge in [-0.25, -0.2) is 0 Å². The number of amides is 1. The van der Waals surface area contributed by atoms with E-state index in [9.17, 15) is 4.79 Å². The van der Waals surface area contributed by atoms with Crippen molar-refractivity contribution in [3.8, 4) is 0 Å². The monoisotopic (exact) mass is 266 g/mol. The molecule has 0 atom stereocenters. The van der Waals surface area contributed by atoms with Gasteiger partial charge in [-0.15, -0.1) is 0 Å². The summed E-state index contributed by atoms with van der Waals surface area (Å²) >= 11 is 6.11. The highest BCUT2D eigenvalue weighted by Gasteiger charge is 2.33. The lowest BCUT2D eigenvalue weighted by atomic mass is 10.0. The number of halogens is 1. The van der Waals surface area contributed by atoms with E-state index in [-0.39, 0.29) is 11.4 Å². The zero-order valence-corrected chi connectivity index (χ0v) is 11.6. The lowest BCUT2D eigenvalue weighted by Crippen LogP contribution is -2.51. The van der Waals surface area contributed by atoms with E-state index in [0.29, 0.717) is 10.6 Å². The van der Waals surface area contributed by atoms with Gasteiger partial charge in [0.05, 0.1) is 10.6 Å². The Kier molecular flexibility index (Phi) is 3.93. The summed E-state index contributed by atoms with van der Waals surface area (Å²) in [7, 11) is 0. The van der Waals surface area contributed by atoms with Gasteiger partial charge in [0.2, 0.25) is 0 Å². The summed E-state index contributed by atoms with van der Waals surface area (Å²) in [5, 5.41) is 3.89. The third kappa shape index (κ3) is 2.68. The van der Waals surface area contributed by atoms with Crippen molar-refractivity contribution in [1.82, 2.24) is 10.2 Å². The third-order valence-electron chi connectivity index (χ3n) is 3.37. The van der Waals surface area contributed by atoms with Gasteiger partial charge >= 0.3 is 0 Å². The first-order valence-electron chi connectivity index (χ1n) is 6.29. The van der Waals surface area contributed by atoms with E-state index < -0.39 is 0 Å². The average Bonchev–Trinajstić information content (AvgIpc) is 2.50. The van der Waals surface area contributed by atoms with Crippen LogP contribution in [0.15, 0.2) is 24.3 Å². The van der Waals surface area contributed by atoms with E-state index in [0.717, 1.165) is 26.1 Å². The van der Waals surface area contributed by atoms with Crippen molar-refractivity contribution in [2.45, 2.75) is 25.8 Å². The van der Waals surface area contributed by atoms with Gasteiger partial charge in [-0.1, -0.05) is 23.7 Å². The number of carbonyl (C=O) groups excluding carboxylic acids is 1. The molecular formula is C14H19ClN2O. The SMILES string of the molecule is CC1(C)CNCCCN1C(=O)c1ccccc1Cl. The molecule has 1 aromatic carbocycles. The quantitative estimate of drug-likeness (QED) is 0.847. The molecule has 1 saturated heterocycles. The molecule has 0 bridgehead atoms. The summed E-state index contributed by atoms with van der Waals surface area (Å²) in [6.45, 7) is 6.70. The normalized spacial score (nSPS) is 19.4. The standard InChI is InChI=1S/C14H19ClN2O/c1-14(2)10-16-8-5-9-17(14)13(18)11-6-3-4-7-12(11)15/h3-4,6-7,16H,5,8-10H2,1-2H3. The number of hydrogen-bond acceptors (Lipinski definition) is 2. The average molecular weight is 267 g/mol. The third-order valence-corrected chi connectivity index (χ3v) is 3.70. The first-order valence-corrected chi connectivity index (χ1v) is 6.67. The van der Waals surface area contributed by atoms with Crippen LogP contribution in [-0.4, -0.2) is 36.0 Å². The van der Waals surface area contributed by atoms with Crippen LogP contribution in [0.3, 0.4) is 0 Å². The van der Waals surface area contributed by atoms with Crippen LogP contribution in [0, 0.1) is 0 Å². The van der Waals surface area contributed by atoms with Crippen molar-refractivity contribution < 1.29 is 4.79 Å². The fourth-order valence-corrected chi connectivity index (χ4v) is 2.53. The largest absolute Gasteiger partial charge is 0.332 e. The van der Waals surface area contributed by atoms with Crippen molar-refractivity contribution in [1.29, 1.82) is 0 Å². The Morgan fingerprint density at radius 2 is 2.11 bits per heavy atom.